The maximum atomic E-state index is 5.69. The van der Waals surface area contributed by atoms with Crippen LogP contribution in [-0.4, -0.2) is 0 Å². The average Bonchev–Trinajstić information content (AvgIpc) is 1.25. The van der Waals surface area contributed by atoms with Crippen LogP contribution in [0, 0.1) is 24.7 Å². The fourth-order valence-corrected chi connectivity index (χ4v) is 0. The molecule has 0 aromatic heterocycles. The van der Waals surface area contributed by atoms with Gasteiger partial charge in [-0.2, -0.15) is 0 Å². The maximum absolute atomic E-state index is 5.69. The van der Waals surface area contributed by atoms with E-state index in [9.17, 15) is 0 Å². The zero-order valence-corrected chi connectivity index (χ0v) is 6.15. The lowest BCUT2D eigenvalue weighted by atomic mass is 9.71. The molecule has 0 atom stereocenters. The molecule has 46 valence electrons. The van der Waals surface area contributed by atoms with Gasteiger partial charge in [-0.25, -0.2) is 0 Å². The van der Waals surface area contributed by atoms with E-state index >= 15 is 0 Å². The summed E-state index contributed by atoms with van der Waals surface area (Å²) in [4.78, 5) is 0. The Bertz CT molecular complexity index is 55.0. The standard InChI is InChI=1S/C8H14/c1-7(2,3)8(4,5)6/h1,4H,2-3,5-6H3. The molecule has 0 aliphatic heterocycles. The van der Waals surface area contributed by atoms with E-state index in [2.05, 4.69) is 0 Å². The Morgan fingerprint density at radius 3 is 0.875 bits per heavy atom. The van der Waals surface area contributed by atoms with Gasteiger partial charge in [0.2, 0.25) is 0 Å². The lowest BCUT2D eigenvalue weighted by molar-refractivity contribution is 0.225. The van der Waals surface area contributed by atoms with Crippen molar-refractivity contribution in [1.29, 1.82) is 0 Å². The molecular formula is C8H14. The van der Waals surface area contributed by atoms with Crippen molar-refractivity contribution in [3.63, 3.8) is 0 Å². The third kappa shape index (κ3) is 1.85. The predicted molar refractivity (Wildman–Crippen MR) is 36.2 cm³/mol. The molecule has 0 heterocycles. The van der Waals surface area contributed by atoms with Gasteiger partial charge >= 0.3 is 0 Å². The van der Waals surface area contributed by atoms with Crippen LogP contribution in [-0.2, 0) is 0 Å². The van der Waals surface area contributed by atoms with Crippen LogP contribution in [0.2, 0.25) is 0 Å². The van der Waals surface area contributed by atoms with Gasteiger partial charge in [0, 0.05) is 0 Å². The normalized spacial score (nSPS) is 14.2. The third-order valence-electron chi connectivity index (χ3n) is 1.66. The maximum Gasteiger partial charge on any atom is -0.0266 e. The Hall–Kier alpha value is 0. The smallest absolute Gasteiger partial charge is 0.0266 e. The minimum absolute atomic E-state index is 0.285. The summed E-state index contributed by atoms with van der Waals surface area (Å²) in [7, 11) is 0. The average molecular weight is 110 g/mol. The van der Waals surface area contributed by atoms with Crippen LogP contribution in [0.4, 0.5) is 0 Å². The fourth-order valence-electron chi connectivity index (χ4n) is 0. The molecule has 8 heavy (non-hydrogen) atoms. The molecule has 0 aliphatic carbocycles. The summed E-state index contributed by atoms with van der Waals surface area (Å²) in [6.07, 6.45) is 0. The Labute approximate surface area is 53.3 Å². The first-order chi connectivity index (χ1) is 3.25. The van der Waals surface area contributed by atoms with Gasteiger partial charge in [-0.15, -0.1) is 0 Å². The number of hydrogen-bond acceptors (Lipinski definition) is 0. The molecule has 0 unspecified atom stereocenters. The summed E-state index contributed by atoms with van der Waals surface area (Å²) in [5.41, 5.74) is -0.569. The van der Waals surface area contributed by atoms with Crippen LogP contribution >= 0.6 is 0 Å². The lowest BCUT2D eigenvalue weighted by Crippen LogP contribution is -2.26. The molecule has 0 amide bonds. The second-order valence-corrected chi connectivity index (χ2v) is 3.44. The highest BCUT2D eigenvalue weighted by Gasteiger charge is 2.27. The van der Waals surface area contributed by atoms with Crippen LogP contribution in [0.3, 0.4) is 0 Å². The van der Waals surface area contributed by atoms with E-state index in [-0.39, 0.29) is 10.8 Å². The van der Waals surface area contributed by atoms with Crippen molar-refractivity contribution in [2.75, 3.05) is 0 Å². The molecule has 0 aromatic carbocycles. The Morgan fingerprint density at radius 2 is 0.875 bits per heavy atom. The molecule has 0 saturated heterocycles. The summed E-state index contributed by atoms with van der Waals surface area (Å²) in [6, 6.07) is 0. The highest BCUT2D eigenvalue weighted by Crippen LogP contribution is 2.35. The van der Waals surface area contributed by atoms with Crippen LogP contribution < -0.4 is 0 Å². The molecule has 0 nitrogen and oxygen atoms in total. The van der Waals surface area contributed by atoms with Crippen molar-refractivity contribution in [3.8, 4) is 0 Å². The topological polar surface area (TPSA) is 0 Å². The van der Waals surface area contributed by atoms with Crippen LogP contribution in [0.25, 0.3) is 0 Å². The van der Waals surface area contributed by atoms with Gasteiger partial charge in [0.15, 0.2) is 0 Å². The second kappa shape index (κ2) is 1.75. The Balaban J connectivity index is 4.02. The zero-order chi connectivity index (χ0) is 7.00. The van der Waals surface area contributed by atoms with Crippen molar-refractivity contribution >= 4 is 0 Å². The van der Waals surface area contributed by atoms with Crippen molar-refractivity contribution in [3.05, 3.63) is 13.8 Å². The van der Waals surface area contributed by atoms with Gasteiger partial charge in [0.05, 0.1) is 0 Å². The summed E-state index contributed by atoms with van der Waals surface area (Å²) in [6.45, 7) is 19.1. The van der Waals surface area contributed by atoms with E-state index in [0.717, 1.165) is 0 Å². The number of hydrogen-bond donors (Lipinski definition) is 0. The first-order valence-corrected chi connectivity index (χ1v) is 2.83. The minimum atomic E-state index is -0.285. The van der Waals surface area contributed by atoms with E-state index in [1.165, 1.54) is 0 Å². The van der Waals surface area contributed by atoms with Gasteiger partial charge in [-0.05, 0) is 24.7 Å². The van der Waals surface area contributed by atoms with E-state index in [1.54, 1.807) is 0 Å². The lowest BCUT2D eigenvalue weighted by Gasteiger charge is -2.34. The molecule has 0 N–H and O–H groups in total. The first kappa shape index (κ1) is 8.00. The molecule has 0 aliphatic rings. The molecule has 0 aromatic rings. The minimum Gasteiger partial charge on any atom is -0.0591 e. The van der Waals surface area contributed by atoms with Crippen LogP contribution in [0.5, 0.6) is 0 Å². The molecule has 0 heteroatoms. The molecule has 0 saturated carbocycles. The van der Waals surface area contributed by atoms with E-state index < -0.39 is 0 Å². The van der Waals surface area contributed by atoms with Crippen molar-refractivity contribution in [2.45, 2.75) is 27.7 Å². The van der Waals surface area contributed by atoms with E-state index in [4.69, 9.17) is 13.8 Å². The zero-order valence-electron chi connectivity index (χ0n) is 6.15. The quantitative estimate of drug-likeness (QED) is 0.486. The van der Waals surface area contributed by atoms with Gasteiger partial charge in [0.25, 0.3) is 0 Å². The Morgan fingerprint density at radius 1 is 0.750 bits per heavy atom. The van der Waals surface area contributed by atoms with Crippen molar-refractivity contribution in [1.82, 2.24) is 0 Å². The molecule has 0 rings (SSSR count). The monoisotopic (exact) mass is 110 g/mol. The highest BCUT2D eigenvalue weighted by atomic mass is 14.3. The molecular weight excluding hydrogens is 96.1 g/mol. The Kier molecular flexibility index (Phi) is 1.75. The summed E-state index contributed by atoms with van der Waals surface area (Å²) < 4.78 is 0. The summed E-state index contributed by atoms with van der Waals surface area (Å²) in [5.74, 6) is 0. The third-order valence-corrected chi connectivity index (χ3v) is 1.66. The van der Waals surface area contributed by atoms with Gasteiger partial charge in [-0.1, -0.05) is 27.7 Å². The SMILES string of the molecule is [CH]C(C)(C)C([CH])(C)C. The molecule has 0 spiro atoms. The van der Waals surface area contributed by atoms with E-state index in [0.29, 0.717) is 0 Å². The highest BCUT2D eigenvalue weighted by molar-refractivity contribution is 4.89. The first-order valence-electron chi connectivity index (χ1n) is 2.83. The largest absolute Gasteiger partial charge is 0.0591 e. The summed E-state index contributed by atoms with van der Waals surface area (Å²) >= 11 is 0. The van der Waals surface area contributed by atoms with Crippen LogP contribution in [0.1, 0.15) is 27.7 Å². The van der Waals surface area contributed by atoms with Crippen LogP contribution in [0.15, 0.2) is 0 Å². The molecule has 0 bridgehead atoms. The van der Waals surface area contributed by atoms with Crippen molar-refractivity contribution in [2.24, 2.45) is 10.8 Å². The van der Waals surface area contributed by atoms with Gasteiger partial charge in [0.1, 0.15) is 0 Å². The van der Waals surface area contributed by atoms with Crippen molar-refractivity contribution < 1.29 is 0 Å². The summed E-state index contributed by atoms with van der Waals surface area (Å²) in [5, 5.41) is 0. The number of rotatable bonds is 1. The van der Waals surface area contributed by atoms with Gasteiger partial charge in [-0.3, -0.25) is 0 Å². The molecule has 4 radical (unpaired) electrons. The second-order valence-electron chi connectivity index (χ2n) is 3.44. The van der Waals surface area contributed by atoms with E-state index in [1.807, 2.05) is 27.7 Å². The predicted octanol–water partition coefficient (Wildman–Crippen LogP) is 2.46. The molecule has 0 fully saturated rings. The van der Waals surface area contributed by atoms with Gasteiger partial charge < -0.3 is 0 Å². The fraction of sp³-hybridized carbons (Fsp3) is 0.750.